The van der Waals surface area contributed by atoms with Gasteiger partial charge in [0.05, 0.1) is 18.4 Å². The molecule has 8 nitrogen and oxygen atoms in total. The molecule has 2 heterocycles. The van der Waals surface area contributed by atoms with Crippen LogP contribution in [-0.4, -0.2) is 33.6 Å². The number of nitrogens with zero attached hydrogens (tertiary/aromatic N) is 1. The van der Waals surface area contributed by atoms with Gasteiger partial charge in [-0.3, -0.25) is 4.79 Å². The molecular weight excluding hydrogens is 366 g/mol. The van der Waals surface area contributed by atoms with Crippen LogP contribution in [0.4, 0.5) is 0 Å². The van der Waals surface area contributed by atoms with Crippen molar-refractivity contribution >= 4 is 22.7 Å². The van der Waals surface area contributed by atoms with E-state index in [1.807, 2.05) is 0 Å². The zero-order valence-electron chi connectivity index (χ0n) is 16.3. The van der Waals surface area contributed by atoms with Crippen LogP contribution in [0.2, 0.25) is 0 Å². The van der Waals surface area contributed by atoms with Crippen LogP contribution in [0.15, 0.2) is 8.83 Å². The summed E-state index contributed by atoms with van der Waals surface area (Å²) in [4.78, 5) is 28.2. The lowest BCUT2D eigenvalue weighted by molar-refractivity contribution is 0.0517. The molecule has 3 rings (SSSR count). The molecule has 0 saturated heterocycles. The molecule has 0 spiro atoms. The van der Waals surface area contributed by atoms with Crippen LogP contribution >= 0.6 is 0 Å². The van der Waals surface area contributed by atoms with E-state index < -0.39 is 11.8 Å². The highest BCUT2D eigenvalue weighted by atomic mass is 16.5. The maximum Gasteiger partial charge on any atom is 0.360 e. The number of ketones is 1. The summed E-state index contributed by atoms with van der Waals surface area (Å²) in [7, 11) is 0. The summed E-state index contributed by atoms with van der Waals surface area (Å²) in [6, 6.07) is 0. The maximum atomic E-state index is 12.1. The van der Waals surface area contributed by atoms with E-state index in [0.717, 1.165) is 0 Å². The first-order valence-electron chi connectivity index (χ1n) is 8.78. The fourth-order valence-electron chi connectivity index (χ4n) is 3.21. The van der Waals surface area contributed by atoms with Crippen LogP contribution < -0.4 is 0 Å². The van der Waals surface area contributed by atoms with Gasteiger partial charge >= 0.3 is 5.97 Å². The minimum atomic E-state index is -0.608. The molecule has 0 bridgehead atoms. The maximum absolute atomic E-state index is 12.1. The molecule has 0 fully saturated rings. The van der Waals surface area contributed by atoms with Gasteiger partial charge in [-0.1, -0.05) is 0 Å². The number of aromatic nitrogens is 1. The van der Waals surface area contributed by atoms with Crippen LogP contribution in [0.3, 0.4) is 0 Å². The van der Waals surface area contributed by atoms with E-state index in [2.05, 4.69) is 4.98 Å². The van der Waals surface area contributed by atoms with Gasteiger partial charge in [0.1, 0.15) is 28.6 Å². The number of oxazole rings is 1. The zero-order chi connectivity index (χ0) is 20.7. The number of carbonyl (C=O) groups excluding carboxylic acids is 2. The normalized spacial score (nSPS) is 11.2. The number of hydrogen-bond donors (Lipinski definition) is 2. The molecule has 0 atom stereocenters. The summed E-state index contributed by atoms with van der Waals surface area (Å²) < 4.78 is 16.4. The average Bonchev–Trinajstić information content (AvgIpc) is 3.14. The number of hydrogen-bond acceptors (Lipinski definition) is 8. The monoisotopic (exact) mass is 387 g/mol. The molecule has 2 aromatic heterocycles. The molecule has 8 heteroatoms. The Kier molecular flexibility index (Phi) is 4.89. The fourth-order valence-corrected chi connectivity index (χ4v) is 3.21. The van der Waals surface area contributed by atoms with Gasteiger partial charge in [0, 0.05) is 18.1 Å². The lowest BCUT2D eigenvalue weighted by atomic mass is 9.99. The second kappa shape index (κ2) is 7.03. The van der Waals surface area contributed by atoms with Crippen LogP contribution in [0.5, 0.6) is 11.5 Å². The van der Waals surface area contributed by atoms with Crippen LogP contribution in [0, 0.1) is 20.8 Å². The summed E-state index contributed by atoms with van der Waals surface area (Å²) in [6.45, 7) is 8.03. The number of phenols is 2. The van der Waals surface area contributed by atoms with E-state index in [1.165, 1.54) is 13.8 Å². The summed E-state index contributed by atoms with van der Waals surface area (Å²) >= 11 is 0. The van der Waals surface area contributed by atoms with E-state index in [9.17, 15) is 19.8 Å². The first-order valence-corrected chi connectivity index (χ1v) is 8.78. The largest absolute Gasteiger partial charge is 0.507 e. The van der Waals surface area contributed by atoms with Crippen molar-refractivity contribution in [2.75, 3.05) is 6.61 Å². The van der Waals surface area contributed by atoms with Gasteiger partial charge in [-0.2, -0.15) is 0 Å². The predicted molar refractivity (Wildman–Crippen MR) is 99.0 cm³/mol. The van der Waals surface area contributed by atoms with Crippen molar-refractivity contribution in [3.63, 3.8) is 0 Å². The van der Waals surface area contributed by atoms with Gasteiger partial charge < -0.3 is 23.8 Å². The second-order valence-electron chi connectivity index (χ2n) is 6.51. The van der Waals surface area contributed by atoms with Gasteiger partial charge in [-0.05, 0) is 27.7 Å². The highest BCUT2D eigenvalue weighted by molar-refractivity contribution is 6.10. The van der Waals surface area contributed by atoms with Crippen LogP contribution in [-0.2, 0) is 11.2 Å². The third kappa shape index (κ3) is 3.00. The van der Waals surface area contributed by atoms with Crippen LogP contribution in [0.25, 0.3) is 11.0 Å². The smallest absolute Gasteiger partial charge is 0.360 e. The van der Waals surface area contributed by atoms with E-state index in [0.29, 0.717) is 22.6 Å². The molecule has 1 aromatic carbocycles. The third-order valence-corrected chi connectivity index (χ3v) is 4.60. The fraction of sp³-hybridized carbons (Fsp3) is 0.350. The molecule has 0 aliphatic rings. The minimum Gasteiger partial charge on any atom is -0.507 e. The number of phenolic OH excluding ortho intramolecular Hbond substituents is 2. The highest BCUT2D eigenvalue weighted by Crippen LogP contribution is 2.43. The Labute approximate surface area is 160 Å². The lowest BCUT2D eigenvalue weighted by Crippen LogP contribution is -2.08. The summed E-state index contributed by atoms with van der Waals surface area (Å²) in [5, 5.41) is 21.1. The number of aryl methyl sites for hydroxylation is 2. The number of furan rings is 1. The van der Waals surface area contributed by atoms with Crippen molar-refractivity contribution in [3.8, 4) is 11.5 Å². The van der Waals surface area contributed by atoms with Gasteiger partial charge in [-0.25, -0.2) is 9.78 Å². The Bertz CT molecular complexity index is 1100. The molecule has 3 aromatic rings. The topological polar surface area (TPSA) is 123 Å². The Morgan fingerprint density at radius 2 is 1.71 bits per heavy atom. The third-order valence-electron chi connectivity index (χ3n) is 4.60. The number of aromatic hydroxyl groups is 2. The number of carbonyl (C=O) groups is 2. The molecule has 0 unspecified atom stereocenters. The molecule has 28 heavy (non-hydrogen) atoms. The number of benzene rings is 1. The van der Waals surface area contributed by atoms with Crippen molar-refractivity contribution in [2.24, 2.45) is 0 Å². The lowest BCUT2D eigenvalue weighted by Gasteiger charge is -2.08. The van der Waals surface area contributed by atoms with E-state index in [1.54, 1.807) is 20.8 Å². The van der Waals surface area contributed by atoms with Gasteiger partial charge in [0.15, 0.2) is 23.0 Å². The zero-order valence-corrected chi connectivity index (χ0v) is 16.3. The first-order chi connectivity index (χ1) is 13.2. The molecular formula is C20H21NO7. The Morgan fingerprint density at radius 1 is 1.04 bits per heavy atom. The first kappa shape index (κ1) is 19.5. The van der Waals surface area contributed by atoms with Crippen LogP contribution in [0.1, 0.15) is 63.2 Å². The van der Waals surface area contributed by atoms with E-state index in [4.69, 9.17) is 13.6 Å². The molecule has 2 N–H and O–H groups in total. The molecule has 0 radical (unpaired) electrons. The van der Waals surface area contributed by atoms with Crippen molar-refractivity contribution < 1.29 is 33.4 Å². The second-order valence-corrected chi connectivity index (χ2v) is 6.51. The predicted octanol–water partition coefficient (Wildman–Crippen LogP) is 3.73. The van der Waals surface area contributed by atoms with Crippen molar-refractivity contribution in [3.05, 3.63) is 39.8 Å². The van der Waals surface area contributed by atoms with E-state index in [-0.39, 0.29) is 52.7 Å². The minimum absolute atomic E-state index is 0.000911. The number of Topliss-reactive ketones (excluding diaryl/α,β-unsaturated/α-hetero) is 1. The van der Waals surface area contributed by atoms with Gasteiger partial charge in [0.2, 0.25) is 0 Å². The standard InChI is InChI=1S/C20H21NO7/c1-6-26-20(25)16-13(27-11(5)21-16)7-12-8(2)14-17(23)9(3)18(24)15(10(4)22)19(14)28-12/h23-24H,6-7H2,1-5H3. The number of fused-ring (bicyclic) bond motifs is 1. The highest BCUT2D eigenvalue weighted by Gasteiger charge is 2.27. The van der Waals surface area contributed by atoms with Crippen molar-refractivity contribution in [1.82, 2.24) is 4.98 Å². The Hall–Kier alpha value is -3.29. The van der Waals surface area contributed by atoms with Crippen molar-refractivity contribution in [1.29, 1.82) is 0 Å². The summed E-state index contributed by atoms with van der Waals surface area (Å²) in [6.07, 6.45) is 0.0616. The molecule has 0 aliphatic heterocycles. The molecule has 0 aliphatic carbocycles. The van der Waals surface area contributed by atoms with Crippen molar-refractivity contribution in [2.45, 2.75) is 41.0 Å². The van der Waals surface area contributed by atoms with Gasteiger partial charge in [-0.15, -0.1) is 0 Å². The number of rotatable bonds is 5. The molecule has 0 amide bonds. The molecule has 148 valence electrons. The quantitative estimate of drug-likeness (QED) is 0.501. The Balaban J connectivity index is 2.18. The number of esters is 1. The number of ether oxygens (including phenoxy) is 1. The Morgan fingerprint density at radius 3 is 2.32 bits per heavy atom. The van der Waals surface area contributed by atoms with E-state index >= 15 is 0 Å². The average molecular weight is 387 g/mol. The van der Waals surface area contributed by atoms with Gasteiger partial charge in [0.25, 0.3) is 0 Å². The SMILES string of the molecule is CCOC(=O)c1nc(C)oc1Cc1oc2c(C(C)=O)c(O)c(C)c(O)c2c1C. The summed E-state index contributed by atoms with van der Waals surface area (Å²) in [5.41, 5.74) is 0.903. The summed E-state index contributed by atoms with van der Waals surface area (Å²) in [5.74, 6) is -0.558. The molecule has 0 saturated carbocycles.